The molecule has 4 heteroatoms. The molecule has 0 bridgehead atoms. The fourth-order valence-electron chi connectivity index (χ4n) is 1.55. The Balaban J connectivity index is 2.40. The molecule has 98 valence electrons. The quantitative estimate of drug-likeness (QED) is 0.528. The van der Waals surface area contributed by atoms with Gasteiger partial charge in [-0.1, -0.05) is 25.5 Å². The molecule has 1 rings (SSSR count). The molecule has 1 amide bonds. The van der Waals surface area contributed by atoms with Crippen LogP contribution in [0.4, 0.5) is 5.69 Å². The molecule has 0 saturated carbocycles. The van der Waals surface area contributed by atoms with E-state index in [1.165, 1.54) is 6.08 Å². The van der Waals surface area contributed by atoms with Crippen LogP contribution in [0.25, 0.3) is 6.08 Å². The molecule has 4 N–H and O–H groups in total. The summed E-state index contributed by atoms with van der Waals surface area (Å²) in [6.45, 7) is 2.28. The Bertz CT molecular complexity index is 416. The van der Waals surface area contributed by atoms with Crippen LogP contribution in [0, 0.1) is 0 Å². The molecule has 0 saturated heterocycles. The van der Waals surface area contributed by atoms with Gasteiger partial charge in [-0.05, 0) is 30.2 Å². The fraction of sp³-hybridized carbons (Fsp3) is 0.357. The Labute approximate surface area is 108 Å². The third kappa shape index (κ3) is 5.50. The van der Waals surface area contributed by atoms with Gasteiger partial charge in [-0.15, -0.1) is 0 Å². The van der Waals surface area contributed by atoms with Gasteiger partial charge in [0, 0.05) is 18.3 Å². The molecule has 0 fully saturated rings. The lowest BCUT2D eigenvalue weighted by Crippen LogP contribution is -2.30. The lowest BCUT2D eigenvalue weighted by Gasteiger charge is -2.08. The van der Waals surface area contributed by atoms with Crippen LogP contribution in [0.2, 0.25) is 0 Å². The summed E-state index contributed by atoms with van der Waals surface area (Å²) in [5.74, 6) is -0.215. The van der Waals surface area contributed by atoms with Gasteiger partial charge in [0.1, 0.15) is 0 Å². The normalized spacial score (nSPS) is 12.6. The highest BCUT2D eigenvalue weighted by Crippen LogP contribution is 2.07. The van der Waals surface area contributed by atoms with Crippen LogP contribution in [0.5, 0.6) is 0 Å². The number of hydrogen-bond donors (Lipinski definition) is 3. The Hall–Kier alpha value is -1.81. The van der Waals surface area contributed by atoms with Crippen molar-refractivity contribution in [2.24, 2.45) is 0 Å². The van der Waals surface area contributed by atoms with Crippen molar-refractivity contribution in [3.05, 3.63) is 35.9 Å². The van der Waals surface area contributed by atoms with Crippen molar-refractivity contribution < 1.29 is 9.90 Å². The number of benzene rings is 1. The van der Waals surface area contributed by atoms with Gasteiger partial charge in [0.15, 0.2) is 0 Å². The van der Waals surface area contributed by atoms with E-state index in [-0.39, 0.29) is 12.5 Å². The Kier molecular flexibility index (Phi) is 5.94. The highest BCUT2D eigenvalue weighted by Gasteiger charge is 2.03. The molecule has 4 nitrogen and oxygen atoms in total. The van der Waals surface area contributed by atoms with Crippen molar-refractivity contribution in [3.63, 3.8) is 0 Å². The van der Waals surface area contributed by atoms with Gasteiger partial charge in [-0.25, -0.2) is 0 Å². The maximum Gasteiger partial charge on any atom is 0.244 e. The molecule has 0 heterocycles. The second kappa shape index (κ2) is 7.50. The minimum atomic E-state index is -0.472. The summed E-state index contributed by atoms with van der Waals surface area (Å²) in [4.78, 5) is 11.5. The van der Waals surface area contributed by atoms with Crippen LogP contribution in [-0.2, 0) is 4.79 Å². The first-order chi connectivity index (χ1) is 8.61. The predicted octanol–water partition coefficient (Wildman–Crippen LogP) is 1.56. The van der Waals surface area contributed by atoms with E-state index < -0.39 is 6.10 Å². The van der Waals surface area contributed by atoms with E-state index in [9.17, 15) is 9.90 Å². The Morgan fingerprint density at radius 3 is 3.00 bits per heavy atom. The largest absolute Gasteiger partial charge is 0.399 e. The second-order valence-electron chi connectivity index (χ2n) is 4.19. The lowest BCUT2D eigenvalue weighted by atomic mass is 10.2. The molecule has 1 unspecified atom stereocenters. The van der Waals surface area contributed by atoms with Gasteiger partial charge >= 0.3 is 0 Å². The standard InChI is InChI=1S/C14H20N2O2/c1-2-4-13(17)10-16-14(18)8-7-11-5-3-6-12(15)9-11/h3,5-9,13,17H,2,4,10,15H2,1H3,(H,16,18)/b8-7+. The van der Waals surface area contributed by atoms with Crippen molar-refractivity contribution in [3.8, 4) is 0 Å². The summed E-state index contributed by atoms with van der Waals surface area (Å²) < 4.78 is 0. The zero-order chi connectivity index (χ0) is 13.4. The number of carbonyl (C=O) groups excluding carboxylic acids is 1. The van der Waals surface area contributed by atoms with Crippen molar-refractivity contribution in [2.75, 3.05) is 12.3 Å². The summed E-state index contributed by atoms with van der Waals surface area (Å²) in [5, 5.41) is 12.1. The maximum atomic E-state index is 11.5. The van der Waals surface area contributed by atoms with Crippen LogP contribution in [0.15, 0.2) is 30.3 Å². The molecule has 1 atom stereocenters. The predicted molar refractivity (Wildman–Crippen MR) is 73.8 cm³/mol. The van der Waals surface area contributed by atoms with Gasteiger partial charge in [-0.2, -0.15) is 0 Å². The van der Waals surface area contributed by atoms with Crippen molar-refractivity contribution >= 4 is 17.7 Å². The van der Waals surface area contributed by atoms with Gasteiger partial charge in [0.2, 0.25) is 5.91 Å². The van der Waals surface area contributed by atoms with Gasteiger partial charge in [0.25, 0.3) is 0 Å². The third-order valence-corrected chi connectivity index (χ3v) is 2.47. The van der Waals surface area contributed by atoms with Crippen LogP contribution in [0.1, 0.15) is 25.3 Å². The topological polar surface area (TPSA) is 75.3 Å². The van der Waals surface area contributed by atoms with Gasteiger partial charge < -0.3 is 16.2 Å². The molecular weight excluding hydrogens is 228 g/mol. The van der Waals surface area contributed by atoms with Crippen LogP contribution in [-0.4, -0.2) is 23.7 Å². The Morgan fingerprint density at radius 1 is 1.56 bits per heavy atom. The number of nitrogens with one attached hydrogen (secondary N) is 1. The average Bonchev–Trinajstić information content (AvgIpc) is 2.34. The summed E-state index contributed by atoms with van der Waals surface area (Å²) in [6, 6.07) is 7.28. The molecule has 0 radical (unpaired) electrons. The molecule has 0 aliphatic heterocycles. The third-order valence-electron chi connectivity index (χ3n) is 2.47. The second-order valence-corrected chi connectivity index (χ2v) is 4.19. The highest BCUT2D eigenvalue weighted by atomic mass is 16.3. The van der Waals surface area contributed by atoms with Gasteiger partial charge in [-0.3, -0.25) is 4.79 Å². The summed E-state index contributed by atoms with van der Waals surface area (Å²) in [7, 11) is 0. The first-order valence-corrected chi connectivity index (χ1v) is 6.11. The fourth-order valence-corrected chi connectivity index (χ4v) is 1.55. The minimum absolute atomic E-state index is 0.215. The molecule has 18 heavy (non-hydrogen) atoms. The number of aliphatic hydroxyl groups is 1. The zero-order valence-electron chi connectivity index (χ0n) is 10.6. The Morgan fingerprint density at radius 2 is 2.33 bits per heavy atom. The van der Waals surface area contributed by atoms with E-state index in [0.717, 1.165) is 12.0 Å². The first-order valence-electron chi connectivity index (χ1n) is 6.11. The van der Waals surface area contributed by atoms with E-state index in [2.05, 4.69) is 5.32 Å². The average molecular weight is 248 g/mol. The number of amides is 1. The molecule has 0 aliphatic rings. The first kappa shape index (κ1) is 14.3. The number of hydrogen-bond acceptors (Lipinski definition) is 3. The number of rotatable bonds is 6. The summed E-state index contributed by atoms with van der Waals surface area (Å²) >= 11 is 0. The highest BCUT2D eigenvalue weighted by molar-refractivity contribution is 5.91. The molecule has 0 aromatic heterocycles. The van der Waals surface area contributed by atoms with Crippen molar-refractivity contribution in [1.82, 2.24) is 5.32 Å². The van der Waals surface area contributed by atoms with Gasteiger partial charge in [0.05, 0.1) is 6.10 Å². The number of carbonyl (C=O) groups is 1. The summed E-state index contributed by atoms with van der Waals surface area (Å²) in [5.41, 5.74) is 7.17. The molecule has 0 spiro atoms. The van der Waals surface area contributed by atoms with E-state index in [0.29, 0.717) is 12.1 Å². The van der Waals surface area contributed by atoms with E-state index >= 15 is 0 Å². The maximum absolute atomic E-state index is 11.5. The number of nitrogen functional groups attached to an aromatic ring is 1. The van der Waals surface area contributed by atoms with Crippen LogP contribution in [0.3, 0.4) is 0 Å². The lowest BCUT2D eigenvalue weighted by molar-refractivity contribution is -0.116. The SMILES string of the molecule is CCCC(O)CNC(=O)/C=C/c1cccc(N)c1. The molecule has 1 aromatic rings. The smallest absolute Gasteiger partial charge is 0.244 e. The van der Waals surface area contributed by atoms with Crippen molar-refractivity contribution in [2.45, 2.75) is 25.9 Å². The van der Waals surface area contributed by atoms with E-state index in [1.807, 2.05) is 19.1 Å². The monoisotopic (exact) mass is 248 g/mol. The van der Waals surface area contributed by atoms with E-state index in [4.69, 9.17) is 5.73 Å². The molecule has 1 aromatic carbocycles. The number of nitrogens with two attached hydrogens (primary N) is 1. The van der Waals surface area contributed by atoms with Crippen LogP contribution < -0.4 is 11.1 Å². The zero-order valence-corrected chi connectivity index (χ0v) is 10.6. The molecule has 0 aliphatic carbocycles. The molecular formula is C14H20N2O2. The van der Waals surface area contributed by atoms with Crippen LogP contribution >= 0.6 is 0 Å². The number of aliphatic hydroxyl groups excluding tert-OH is 1. The minimum Gasteiger partial charge on any atom is -0.399 e. The van der Waals surface area contributed by atoms with E-state index in [1.54, 1.807) is 18.2 Å². The number of anilines is 1. The van der Waals surface area contributed by atoms with Crippen molar-refractivity contribution in [1.29, 1.82) is 0 Å². The summed E-state index contributed by atoms with van der Waals surface area (Å²) in [6.07, 6.45) is 4.25.